The molecule has 2 atom stereocenters. The fraction of sp³-hybridized carbons (Fsp3) is 0.533. The minimum absolute atomic E-state index is 0.126. The van der Waals surface area contributed by atoms with Crippen molar-refractivity contribution >= 4 is 15.8 Å². The van der Waals surface area contributed by atoms with E-state index in [1.54, 1.807) is 12.1 Å². The van der Waals surface area contributed by atoms with Crippen LogP contribution < -0.4 is 0 Å². The summed E-state index contributed by atoms with van der Waals surface area (Å²) in [5.41, 5.74) is 0.408. The monoisotopic (exact) mass is 311 g/mol. The lowest BCUT2D eigenvalue weighted by atomic mass is 10.2. The summed E-state index contributed by atoms with van der Waals surface area (Å²) >= 11 is 0. The summed E-state index contributed by atoms with van der Waals surface area (Å²) in [5, 5.41) is 0. The highest BCUT2D eigenvalue weighted by atomic mass is 32.2. The maximum absolute atomic E-state index is 12.8. The first-order valence-corrected chi connectivity index (χ1v) is 8.54. The number of sulfonamides is 1. The summed E-state index contributed by atoms with van der Waals surface area (Å²) in [6.45, 7) is 5.98. The van der Waals surface area contributed by atoms with Gasteiger partial charge in [-0.05, 0) is 32.4 Å². The average Bonchev–Trinajstić information content (AvgIpc) is 2.47. The largest absolute Gasteiger partial charge is 0.375 e. The van der Waals surface area contributed by atoms with Crippen molar-refractivity contribution in [2.75, 3.05) is 13.2 Å². The Morgan fingerprint density at radius 1 is 1.43 bits per heavy atom. The van der Waals surface area contributed by atoms with Crippen molar-refractivity contribution in [1.29, 1.82) is 0 Å². The number of hydrogen-bond donors (Lipinski definition) is 0. The second kappa shape index (κ2) is 6.25. The first-order chi connectivity index (χ1) is 9.86. The molecule has 116 valence electrons. The molecule has 5 nitrogen and oxygen atoms in total. The molecule has 0 radical (unpaired) electrons. The minimum atomic E-state index is -3.61. The molecule has 0 unspecified atom stereocenters. The number of carbonyl (C=O) groups excluding carboxylic acids is 1. The highest BCUT2D eigenvalue weighted by molar-refractivity contribution is 7.89. The second-order valence-electron chi connectivity index (χ2n) is 5.36. The molecule has 1 saturated heterocycles. The third kappa shape index (κ3) is 3.33. The standard InChI is InChI=1S/C15H21NO4S/c1-4-14-10-20-11(2)9-16(14)21(18,19)15-7-5-6-13(8-15)12(3)17/h5-8,11,14H,4,9-10H2,1-3H3/t11-,14-/m0/s1. The van der Waals surface area contributed by atoms with Crippen LogP contribution in [0.4, 0.5) is 0 Å². The molecular formula is C15H21NO4S. The number of morpholine rings is 1. The molecule has 1 aromatic rings. The quantitative estimate of drug-likeness (QED) is 0.799. The molecule has 21 heavy (non-hydrogen) atoms. The maximum Gasteiger partial charge on any atom is 0.243 e. The number of ether oxygens (including phenoxy) is 1. The summed E-state index contributed by atoms with van der Waals surface area (Å²) in [4.78, 5) is 11.6. The topological polar surface area (TPSA) is 63.7 Å². The number of nitrogens with zero attached hydrogens (tertiary/aromatic N) is 1. The fourth-order valence-corrected chi connectivity index (χ4v) is 4.25. The predicted molar refractivity (Wildman–Crippen MR) is 79.8 cm³/mol. The van der Waals surface area contributed by atoms with Crippen LogP contribution in [0.3, 0.4) is 0 Å². The molecule has 0 bridgehead atoms. The Balaban J connectivity index is 2.40. The van der Waals surface area contributed by atoms with E-state index in [0.717, 1.165) is 0 Å². The van der Waals surface area contributed by atoms with Gasteiger partial charge in [-0.1, -0.05) is 19.1 Å². The fourth-order valence-electron chi connectivity index (χ4n) is 2.44. The lowest BCUT2D eigenvalue weighted by molar-refractivity contribution is -0.0230. The highest BCUT2D eigenvalue weighted by Gasteiger charge is 2.35. The van der Waals surface area contributed by atoms with E-state index < -0.39 is 10.0 Å². The number of benzene rings is 1. The van der Waals surface area contributed by atoms with Crippen LogP contribution >= 0.6 is 0 Å². The van der Waals surface area contributed by atoms with E-state index in [0.29, 0.717) is 25.1 Å². The zero-order chi connectivity index (χ0) is 15.6. The van der Waals surface area contributed by atoms with Gasteiger partial charge in [0, 0.05) is 18.2 Å². The molecule has 0 saturated carbocycles. The van der Waals surface area contributed by atoms with Gasteiger partial charge in [0.05, 0.1) is 17.6 Å². The molecule has 1 aliphatic heterocycles. The molecule has 2 rings (SSSR count). The Bertz CT molecular complexity index is 626. The predicted octanol–water partition coefficient (Wildman–Crippen LogP) is 2.08. The van der Waals surface area contributed by atoms with Crippen molar-refractivity contribution in [3.63, 3.8) is 0 Å². The third-order valence-electron chi connectivity index (χ3n) is 3.74. The Morgan fingerprint density at radius 3 is 2.76 bits per heavy atom. The van der Waals surface area contributed by atoms with Gasteiger partial charge in [-0.2, -0.15) is 4.31 Å². The average molecular weight is 311 g/mol. The molecule has 6 heteroatoms. The van der Waals surface area contributed by atoms with Crippen LogP contribution in [0.1, 0.15) is 37.6 Å². The highest BCUT2D eigenvalue weighted by Crippen LogP contribution is 2.24. The molecule has 1 fully saturated rings. The van der Waals surface area contributed by atoms with Gasteiger partial charge in [0.2, 0.25) is 10.0 Å². The van der Waals surface area contributed by atoms with Gasteiger partial charge in [-0.25, -0.2) is 8.42 Å². The van der Waals surface area contributed by atoms with Crippen molar-refractivity contribution in [3.8, 4) is 0 Å². The number of hydrogen-bond acceptors (Lipinski definition) is 4. The van der Waals surface area contributed by atoms with Crippen molar-refractivity contribution in [2.24, 2.45) is 0 Å². The van der Waals surface area contributed by atoms with Gasteiger partial charge in [0.25, 0.3) is 0 Å². The van der Waals surface area contributed by atoms with Crippen LogP contribution in [0, 0.1) is 0 Å². The van der Waals surface area contributed by atoms with Gasteiger partial charge in [0.15, 0.2) is 5.78 Å². The van der Waals surface area contributed by atoms with Gasteiger partial charge >= 0.3 is 0 Å². The van der Waals surface area contributed by atoms with E-state index in [1.165, 1.54) is 23.4 Å². The van der Waals surface area contributed by atoms with E-state index in [2.05, 4.69) is 0 Å². The smallest absolute Gasteiger partial charge is 0.243 e. The van der Waals surface area contributed by atoms with Gasteiger partial charge in [-0.15, -0.1) is 0 Å². The van der Waals surface area contributed by atoms with Crippen LogP contribution in [0.25, 0.3) is 0 Å². The number of ketones is 1. The van der Waals surface area contributed by atoms with Gasteiger partial charge < -0.3 is 4.74 Å². The first-order valence-electron chi connectivity index (χ1n) is 7.10. The minimum Gasteiger partial charge on any atom is -0.375 e. The molecule has 0 N–H and O–H groups in total. The van der Waals surface area contributed by atoms with E-state index in [9.17, 15) is 13.2 Å². The van der Waals surface area contributed by atoms with Crippen LogP contribution in [0.2, 0.25) is 0 Å². The van der Waals surface area contributed by atoms with Gasteiger partial charge in [-0.3, -0.25) is 4.79 Å². The summed E-state index contributed by atoms with van der Waals surface area (Å²) < 4.78 is 32.7. The lowest BCUT2D eigenvalue weighted by Gasteiger charge is -2.37. The number of rotatable bonds is 4. The van der Waals surface area contributed by atoms with Crippen LogP contribution in [0.15, 0.2) is 29.2 Å². The van der Waals surface area contributed by atoms with E-state index in [-0.39, 0.29) is 22.8 Å². The zero-order valence-electron chi connectivity index (χ0n) is 12.6. The van der Waals surface area contributed by atoms with Crippen LogP contribution in [-0.4, -0.2) is 43.8 Å². The van der Waals surface area contributed by atoms with Crippen molar-refractivity contribution in [1.82, 2.24) is 4.31 Å². The summed E-state index contributed by atoms with van der Waals surface area (Å²) in [5.74, 6) is -0.144. The Labute approximate surface area is 126 Å². The number of Topliss-reactive ketones (excluding diaryl/α,β-unsaturated/α-hetero) is 1. The van der Waals surface area contributed by atoms with Crippen LogP contribution in [-0.2, 0) is 14.8 Å². The summed E-state index contributed by atoms with van der Waals surface area (Å²) in [7, 11) is -3.61. The molecule has 1 aromatic carbocycles. The van der Waals surface area contributed by atoms with Crippen molar-refractivity contribution in [2.45, 2.75) is 44.2 Å². The molecule has 0 amide bonds. The summed E-state index contributed by atoms with van der Waals surface area (Å²) in [6.07, 6.45) is 0.566. The van der Waals surface area contributed by atoms with Crippen molar-refractivity contribution in [3.05, 3.63) is 29.8 Å². The SMILES string of the molecule is CC[C@H]1CO[C@@H](C)CN1S(=O)(=O)c1cccc(C(C)=O)c1. The Morgan fingerprint density at radius 2 is 2.14 bits per heavy atom. The normalized spacial score (nSPS) is 24.0. The molecule has 0 spiro atoms. The zero-order valence-corrected chi connectivity index (χ0v) is 13.4. The number of carbonyl (C=O) groups is 1. The van der Waals surface area contributed by atoms with E-state index in [4.69, 9.17) is 4.74 Å². The van der Waals surface area contributed by atoms with Gasteiger partial charge in [0.1, 0.15) is 0 Å². The van der Waals surface area contributed by atoms with E-state index in [1.807, 2.05) is 13.8 Å². The Kier molecular flexibility index (Phi) is 4.81. The lowest BCUT2D eigenvalue weighted by Crippen LogP contribution is -2.51. The third-order valence-corrected chi connectivity index (χ3v) is 5.65. The van der Waals surface area contributed by atoms with Crippen molar-refractivity contribution < 1.29 is 17.9 Å². The van der Waals surface area contributed by atoms with E-state index >= 15 is 0 Å². The maximum atomic E-state index is 12.8. The molecule has 0 aromatic heterocycles. The Hall–Kier alpha value is -1.24. The molecule has 0 aliphatic carbocycles. The molecular weight excluding hydrogens is 290 g/mol. The molecule has 1 aliphatic rings. The first kappa shape index (κ1) is 16.1. The second-order valence-corrected chi connectivity index (χ2v) is 7.26. The van der Waals surface area contributed by atoms with Crippen LogP contribution in [0.5, 0.6) is 0 Å². The summed E-state index contributed by atoms with van der Waals surface area (Å²) in [6, 6.07) is 6.06. The molecule has 1 heterocycles.